The Morgan fingerprint density at radius 2 is 1.44 bits per heavy atom. The summed E-state index contributed by atoms with van der Waals surface area (Å²) in [5, 5.41) is 0. The van der Waals surface area contributed by atoms with Crippen molar-refractivity contribution in [2.24, 2.45) is 0 Å². The molecule has 0 atom stereocenters. The first-order valence-corrected chi connectivity index (χ1v) is 8.31. The third kappa shape index (κ3) is 3.94. The van der Waals surface area contributed by atoms with E-state index in [1.165, 1.54) is 4.90 Å². The standard InChI is InChI=1S/C20H19NO4/c22-18(14-15-8-2-1-3-9-15)25-13-7-6-12-21-19(23)16-10-4-5-11-17(16)20(21)24/h1-5,8-11H,6-7,12-14H2. The number of hydrogen-bond donors (Lipinski definition) is 0. The molecule has 5 nitrogen and oxygen atoms in total. The summed E-state index contributed by atoms with van der Waals surface area (Å²) in [5.74, 6) is -0.768. The third-order valence-corrected chi connectivity index (χ3v) is 4.11. The molecular weight excluding hydrogens is 318 g/mol. The van der Waals surface area contributed by atoms with E-state index in [9.17, 15) is 14.4 Å². The maximum Gasteiger partial charge on any atom is 0.310 e. The summed E-state index contributed by atoms with van der Waals surface area (Å²) in [7, 11) is 0. The molecule has 128 valence electrons. The van der Waals surface area contributed by atoms with Crippen LogP contribution in [0.15, 0.2) is 54.6 Å². The molecule has 1 aliphatic heterocycles. The van der Waals surface area contributed by atoms with Gasteiger partial charge in [-0.2, -0.15) is 0 Å². The highest BCUT2D eigenvalue weighted by Gasteiger charge is 2.34. The highest BCUT2D eigenvalue weighted by Crippen LogP contribution is 2.22. The molecular formula is C20H19NO4. The number of esters is 1. The van der Waals surface area contributed by atoms with Crippen LogP contribution in [-0.4, -0.2) is 35.8 Å². The van der Waals surface area contributed by atoms with Crippen LogP contribution in [0.5, 0.6) is 0 Å². The molecule has 2 aromatic rings. The van der Waals surface area contributed by atoms with Crippen molar-refractivity contribution in [3.05, 3.63) is 71.3 Å². The van der Waals surface area contributed by atoms with E-state index in [0.717, 1.165) is 5.56 Å². The summed E-state index contributed by atoms with van der Waals surface area (Å²) >= 11 is 0. The summed E-state index contributed by atoms with van der Waals surface area (Å²) in [6.07, 6.45) is 1.46. The van der Waals surface area contributed by atoms with Gasteiger partial charge in [-0.25, -0.2) is 0 Å². The number of hydrogen-bond acceptors (Lipinski definition) is 4. The molecule has 0 fully saturated rings. The van der Waals surface area contributed by atoms with Gasteiger partial charge in [0.15, 0.2) is 0 Å². The molecule has 3 rings (SSSR count). The van der Waals surface area contributed by atoms with Crippen molar-refractivity contribution in [3.63, 3.8) is 0 Å². The van der Waals surface area contributed by atoms with Crippen LogP contribution < -0.4 is 0 Å². The fourth-order valence-electron chi connectivity index (χ4n) is 2.81. The van der Waals surface area contributed by atoms with Crippen molar-refractivity contribution in [1.82, 2.24) is 4.90 Å². The molecule has 1 aliphatic rings. The Bertz CT molecular complexity index is 750. The van der Waals surface area contributed by atoms with Crippen LogP contribution >= 0.6 is 0 Å². The predicted octanol–water partition coefficient (Wildman–Crippen LogP) is 2.85. The lowest BCUT2D eigenvalue weighted by Gasteiger charge is -2.13. The topological polar surface area (TPSA) is 63.7 Å². The number of carbonyl (C=O) groups excluding carboxylic acids is 3. The van der Waals surface area contributed by atoms with E-state index in [0.29, 0.717) is 30.5 Å². The normalized spacial score (nSPS) is 13.0. The first-order chi connectivity index (χ1) is 12.2. The Labute approximate surface area is 146 Å². The highest BCUT2D eigenvalue weighted by atomic mass is 16.5. The van der Waals surface area contributed by atoms with Gasteiger partial charge in [0.2, 0.25) is 0 Å². The number of ether oxygens (including phenoxy) is 1. The quantitative estimate of drug-likeness (QED) is 0.443. The van der Waals surface area contributed by atoms with Crippen LogP contribution in [-0.2, 0) is 16.0 Å². The van der Waals surface area contributed by atoms with Crippen molar-refractivity contribution in [3.8, 4) is 0 Å². The SMILES string of the molecule is O=C(Cc1ccccc1)OCCCCN1C(=O)c2ccccc2C1=O. The van der Waals surface area contributed by atoms with Gasteiger partial charge in [0, 0.05) is 6.54 Å². The molecule has 0 radical (unpaired) electrons. The van der Waals surface area contributed by atoms with Crippen molar-refractivity contribution >= 4 is 17.8 Å². The summed E-state index contributed by atoms with van der Waals surface area (Å²) in [5.41, 5.74) is 1.84. The number of rotatable bonds is 7. The largest absolute Gasteiger partial charge is 0.465 e. The van der Waals surface area contributed by atoms with Gasteiger partial charge in [0.25, 0.3) is 11.8 Å². The molecule has 0 N–H and O–H groups in total. The Balaban J connectivity index is 1.39. The molecule has 5 heteroatoms. The minimum Gasteiger partial charge on any atom is -0.465 e. The molecule has 0 aliphatic carbocycles. The maximum absolute atomic E-state index is 12.2. The molecule has 0 aromatic heterocycles. The Kier molecular flexibility index (Phi) is 5.23. The van der Waals surface area contributed by atoms with Crippen LogP contribution in [0.4, 0.5) is 0 Å². The first kappa shape index (κ1) is 16.9. The van der Waals surface area contributed by atoms with Gasteiger partial charge in [0.05, 0.1) is 24.2 Å². The zero-order chi connectivity index (χ0) is 17.6. The monoisotopic (exact) mass is 337 g/mol. The van der Waals surface area contributed by atoms with Crippen molar-refractivity contribution < 1.29 is 19.1 Å². The molecule has 2 amide bonds. The second kappa shape index (κ2) is 7.75. The van der Waals surface area contributed by atoms with E-state index in [1.54, 1.807) is 24.3 Å². The molecule has 0 spiro atoms. The fourth-order valence-corrected chi connectivity index (χ4v) is 2.81. The molecule has 0 unspecified atom stereocenters. The zero-order valence-corrected chi connectivity index (χ0v) is 13.8. The minimum atomic E-state index is -0.271. The molecule has 25 heavy (non-hydrogen) atoms. The number of nitrogens with zero attached hydrogens (tertiary/aromatic N) is 1. The van der Waals surface area contributed by atoms with Gasteiger partial charge in [0.1, 0.15) is 0 Å². The van der Waals surface area contributed by atoms with Gasteiger partial charge < -0.3 is 4.74 Å². The minimum absolute atomic E-state index is 0.248. The lowest BCUT2D eigenvalue weighted by molar-refractivity contribution is -0.142. The number of benzene rings is 2. The Morgan fingerprint density at radius 1 is 0.840 bits per heavy atom. The third-order valence-electron chi connectivity index (χ3n) is 4.11. The van der Waals surface area contributed by atoms with E-state index in [4.69, 9.17) is 4.74 Å². The first-order valence-electron chi connectivity index (χ1n) is 8.31. The number of amides is 2. The van der Waals surface area contributed by atoms with E-state index >= 15 is 0 Å². The highest BCUT2D eigenvalue weighted by molar-refractivity contribution is 6.21. The fraction of sp³-hybridized carbons (Fsp3) is 0.250. The maximum atomic E-state index is 12.2. The molecule has 1 heterocycles. The van der Waals surface area contributed by atoms with Crippen LogP contribution in [0.25, 0.3) is 0 Å². The molecule has 0 saturated carbocycles. The summed E-state index contributed by atoms with van der Waals surface area (Å²) in [4.78, 5) is 37.4. The summed E-state index contributed by atoms with van der Waals surface area (Å²) in [6, 6.07) is 16.2. The van der Waals surface area contributed by atoms with Crippen LogP contribution in [0, 0.1) is 0 Å². The van der Waals surface area contributed by atoms with Gasteiger partial charge in [-0.05, 0) is 30.5 Å². The second-order valence-electron chi connectivity index (χ2n) is 5.90. The van der Waals surface area contributed by atoms with E-state index < -0.39 is 0 Å². The van der Waals surface area contributed by atoms with Gasteiger partial charge in [-0.15, -0.1) is 0 Å². The van der Waals surface area contributed by atoms with E-state index in [2.05, 4.69) is 0 Å². The Morgan fingerprint density at radius 3 is 2.08 bits per heavy atom. The average molecular weight is 337 g/mol. The smallest absolute Gasteiger partial charge is 0.310 e. The summed E-state index contributed by atoms with van der Waals surface area (Å²) in [6.45, 7) is 0.622. The average Bonchev–Trinajstić information content (AvgIpc) is 2.87. The van der Waals surface area contributed by atoms with Crippen LogP contribution in [0.3, 0.4) is 0 Å². The number of carbonyl (C=O) groups is 3. The molecule has 0 saturated heterocycles. The lowest BCUT2D eigenvalue weighted by atomic mass is 10.1. The lowest BCUT2D eigenvalue weighted by Crippen LogP contribution is -2.30. The molecule has 2 aromatic carbocycles. The predicted molar refractivity (Wildman–Crippen MR) is 92.1 cm³/mol. The van der Waals surface area contributed by atoms with Gasteiger partial charge >= 0.3 is 5.97 Å². The van der Waals surface area contributed by atoms with Crippen LogP contribution in [0.1, 0.15) is 39.1 Å². The van der Waals surface area contributed by atoms with E-state index in [1.807, 2.05) is 30.3 Å². The van der Waals surface area contributed by atoms with Gasteiger partial charge in [-0.1, -0.05) is 42.5 Å². The number of fused-ring (bicyclic) bond motifs is 1. The second-order valence-corrected chi connectivity index (χ2v) is 5.90. The zero-order valence-electron chi connectivity index (χ0n) is 13.8. The van der Waals surface area contributed by atoms with Crippen molar-refractivity contribution in [2.45, 2.75) is 19.3 Å². The summed E-state index contributed by atoms with van der Waals surface area (Å²) < 4.78 is 5.20. The Hall–Kier alpha value is -2.95. The van der Waals surface area contributed by atoms with E-state index in [-0.39, 0.29) is 30.8 Å². The van der Waals surface area contributed by atoms with Crippen molar-refractivity contribution in [1.29, 1.82) is 0 Å². The van der Waals surface area contributed by atoms with Gasteiger partial charge in [-0.3, -0.25) is 19.3 Å². The van der Waals surface area contributed by atoms with Crippen molar-refractivity contribution in [2.75, 3.05) is 13.2 Å². The molecule has 0 bridgehead atoms. The number of imide groups is 1. The van der Waals surface area contributed by atoms with Crippen LogP contribution in [0.2, 0.25) is 0 Å². The number of unbranched alkanes of at least 4 members (excludes halogenated alkanes) is 1.